The summed E-state index contributed by atoms with van der Waals surface area (Å²) in [4.78, 5) is 15.8. The van der Waals surface area contributed by atoms with E-state index < -0.39 is 5.97 Å². The number of hydrogen-bond acceptors (Lipinski definition) is 5. The van der Waals surface area contributed by atoms with Gasteiger partial charge in [-0.2, -0.15) is 4.98 Å². The molecule has 0 aliphatic rings. The van der Waals surface area contributed by atoms with E-state index in [1.165, 1.54) is 6.08 Å². The van der Waals surface area contributed by atoms with Crippen LogP contribution in [0.5, 0.6) is 0 Å². The number of nitrogens with zero attached hydrogens (tertiary/aromatic N) is 2. The van der Waals surface area contributed by atoms with Crippen molar-refractivity contribution in [2.24, 2.45) is 5.92 Å². The van der Waals surface area contributed by atoms with Crippen molar-refractivity contribution in [3.05, 3.63) is 51.6 Å². The second-order valence-corrected chi connectivity index (χ2v) is 6.15. The van der Waals surface area contributed by atoms with Crippen LogP contribution < -0.4 is 0 Å². The number of hydrogen-bond donors (Lipinski definition) is 0. The molecule has 0 saturated heterocycles. The monoisotopic (exact) mass is 354 g/mol. The number of aromatic nitrogens is 2. The Morgan fingerprint density at radius 3 is 2.87 bits per heavy atom. The molecule has 0 amide bonds. The van der Waals surface area contributed by atoms with Gasteiger partial charge in [-0.15, -0.1) is 0 Å². The Morgan fingerprint density at radius 1 is 1.39 bits per heavy atom. The van der Waals surface area contributed by atoms with Crippen LogP contribution in [0.3, 0.4) is 0 Å². The molecular weight excluding hydrogens is 339 g/mol. The molecule has 7 heteroatoms. The zero-order valence-electron chi connectivity index (χ0n) is 12.8. The molecule has 0 N–H and O–H groups in total. The molecule has 2 rings (SSSR count). The van der Waals surface area contributed by atoms with Gasteiger partial charge in [-0.3, -0.25) is 0 Å². The maximum Gasteiger partial charge on any atom is 0.331 e. The molecule has 1 heterocycles. The molecule has 23 heavy (non-hydrogen) atoms. The molecule has 0 atom stereocenters. The van der Waals surface area contributed by atoms with Gasteiger partial charge in [-0.25, -0.2) is 4.79 Å². The third-order valence-electron chi connectivity index (χ3n) is 2.80. The van der Waals surface area contributed by atoms with Crippen LogP contribution in [-0.4, -0.2) is 16.1 Å². The van der Waals surface area contributed by atoms with Gasteiger partial charge in [0.1, 0.15) is 0 Å². The molecular formula is C16H16Cl2N2O3. The van der Waals surface area contributed by atoms with Crippen LogP contribution in [0.4, 0.5) is 0 Å². The van der Waals surface area contributed by atoms with E-state index in [1.807, 2.05) is 0 Å². The Hall–Kier alpha value is -1.85. The predicted molar refractivity (Wildman–Crippen MR) is 88.1 cm³/mol. The van der Waals surface area contributed by atoms with E-state index in [9.17, 15) is 4.79 Å². The molecule has 122 valence electrons. The van der Waals surface area contributed by atoms with Gasteiger partial charge < -0.3 is 9.26 Å². The Morgan fingerprint density at radius 2 is 2.17 bits per heavy atom. The minimum atomic E-state index is -0.528. The molecule has 0 aliphatic heterocycles. The summed E-state index contributed by atoms with van der Waals surface area (Å²) in [6.07, 6.45) is 3.55. The van der Waals surface area contributed by atoms with Crippen LogP contribution >= 0.6 is 23.2 Å². The number of ether oxygens (including phenoxy) is 1. The van der Waals surface area contributed by atoms with Crippen molar-refractivity contribution in [1.29, 1.82) is 0 Å². The van der Waals surface area contributed by atoms with Crippen LogP contribution in [0, 0.1) is 5.92 Å². The molecule has 0 spiro atoms. The summed E-state index contributed by atoms with van der Waals surface area (Å²) in [7, 11) is 0. The molecule has 0 radical (unpaired) electrons. The summed E-state index contributed by atoms with van der Waals surface area (Å²) in [5.74, 6) is 0.774. The Kier molecular flexibility index (Phi) is 6.19. The van der Waals surface area contributed by atoms with Gasteiger partial charge in [-0.05, 0) is 29.7 Å². The minimum Gasteiger partial charge on any atom is -0.452 e. The fraction of sp³-hybridized carbons (Fsp3) is 0.312. The van der Waals surface area contributed by atoms with E-state index in [0.29, 0.717) is 33.8 Å². The van der Waals surface area contributed by atoms with Crippen LogP contribution in [-0.2, 0) is 22.6 Å². The van der Waals surface area contributed by atoms with Crippen molar-refractivity contribution in [3.8, 4) is 0 Å². The van der Waals surface area contributed by atoms with Gasteiger partial charge in [0, 0.05) is 22.5 Å². The molecule has 2 aromatic rings. The zero-order chi connectivity index (χ0) is 16.8. The number of carbonyl (C=O) groups is 1. The number of rotatable bonds is 6. The third kappa shape index (κ3) is 5.69. The standard InChI is InChI=1S/C16H16Cl2N2O3/c1-10(2)7-14-19-15(23-20-14)9-22-16(21)6-4-11-3-5-12(17)8-13(11)18/h3-6,8,10H,7,9H2,1-2H3. The Labute approximate surface area is 144 Å². The van der Waals surface area contributed by atoms with E-state index in [-0.39, 0.29) is 12.5 Å². The Bertz CT molecular complexity index is 711. The summed E-state index contributed by atoms with van der Waals surface area (Å²) >= 11 is 11.8. The van der Waals surface area contributed by atoms with Crippen LogP contribution in [0.25, 0.3) is 6.08 Å². The second-order valence-electron chi connectivity index (χ2n) is 5.31. The van der Waals surface area contributed by atoms with E-state index in [2.05, 4.69) is 24.0 Å². The first kappa shape index (κ1) is 17.5. The lowest BCUT2D eigenvalue weighted by molar-refractivity contribution is -0.139. The highest BCUT2D eigenvalue weighted by atomic mass is 35.5. The number of halogens is 2. The van der Waals surface area contributed by atoms with Crippen molar-refractivity contribution in [2.75, 3.05) is 0 Å². The number of esters is 1. The molecule has 1 aromatic heterocycles. The summed E-state index contributed by atoms with van der Waals surface area (Å²) in [5.41, 5.74) is 0.671. The summed E-state index contributed by atoms with van der Waals surface area (Å²) in [6, 6.07) is 5.00. The highest BCUT2D eigenvalue weighted by Crippen LogP contribution is 2.22. The lowest BCUT2D eigenvalue weighted by Gasteiger charge is -1.99. The molecule has 1 aromatic carbocycles. The van der Waals surface area contributed by atoms with Gasteiger partial charge >= 0.3 is 5.97 Å². The zero-order valence-corrected chi connectivity index (χ0v) is 14.3. The van der Waals surface area contributed by atoms with Crippen LogP contribution in [0.15, 0.2) is 28.8 Å². The van der Waals surface area contributed by atoms with E-state index >= 15 is 0 Å². The highest BCUT2D eigenvalue weighted by Gasteiger charge is 2.09. The number of carbonyl (C=O) groups excluding carboxylic acids is 1. The SMILES string of the molecule is CC(C)Cc1noc(COC(=O)C=Cc2ccc(Cl)cc2Cl)n1. The van der Waals surface area contributed by atoms with Gasteiger partial charge in [-0.1, -0.05) is 48.3 Å². The van der Waals surface area contributed by atoms with E-state index in [0.717, 1.165) is 0 Å². The van der Waals surface area contributed by atoms with Crippen LogP contribution in [0.1, 0.15) is 31.1 Å². The summed E-state index contributed by atoms with van der Waals surface area (Å²) in [5, 5.41) is 4.81. The average Bonchev–Trinajstić information content (AvgIpc) is 2.91. The lowest BCUT2D eigenvalue weighted by atomic mass is 10.1. The van der Waals surface area contributed by atoms with Gasteiger partial charge in [0.15, 0.2) is 12.4 Å². The smallest absolute Gasteiger partial charge is 0.331 e. The average molecular weight is 355 g/mol. The largest absolute Gasteiger partial charge is 0.452 e. The number of benzene rings is 1. The third-order valence-corrected chi connectivity index (χ3v) is 3.36. The van der Waals surface area contributed by atoms with Crippen molar-refractivity contribution < 1.29 is 14.1 Å². The van der Waals surface area contributed by atoms with E-state index in [4.69, 9.17) is 32.5 Å². The maximum atomic E-state index is 11.7. The first-order valence-electron chi connectivity index (χ1n) is 7.05. The minimum absolute atomic E-state index is 0.0668. The molecule has 0 saturated carbocycles. The molecule has 0 fully saturated rings. The van der Waals surface area contributed by atoms with Crippen molar-refractivity contribution in [2.45, 2.75) is 26.9 Å². The summed E-state index contributed by atoms with van der Waals surface area (Å²) in [6.45, 7) is 4.05. The van der Waals surface area contributed by atoms with Crippen molar-refractivity contribution in [1.82, 2.24) is 10.1 Å². The Balaban J connectivity index is 1.87. The maximum absolute atomic E-state index is 11.7. The fourth-order valence-electron chi connectivity index (χ4n) is 1.77. The molecule has 0 aliphatic carbocycles. The highest BCUT2D eigenvalue weighted by molar-refractivity contribution is 6.35. The van der Waals surface area contributed by atoms with Gasteiger partial charge in [0.05, 0.1) is 0 Å². The van der Waals surface area contributed by atoms with Gasteiger partial charge in [0.2, 0.25) is 0 Å². The van der Waals surface area contributed by atoms with Crippen molar-refractivity contribution in [3.63, 3.8) is 0 Å². The molecule has 0 bridgehead atoms. The molecule has 0 unspecified atom stereocenters. The van der Waals surface area contributed by atoms with Crippen LogP contribution in [0.2, 0.25) is 10.0 Å². The first-order valence-corrected chi connectivity index (χ1v) is 7.81. The lowest BCUT2D eigenvalue weighted by Crippen LogP contribution is -2.01. The quantitative estimate of drug-likeness (QED) is 0.570. The van der Waals surface area contributed by atoms with Gasteiger partial charge in [0.25, 0.3) is 5.89 Å². The van der Waals surface area contributed by atoms with Crippen molar-refractivity contribution >= 4 is 35.2 Å². The predicted octanol–water partition coefficient (Wildman–Crippen LogP) is 4.33. The topological polar surface area (TPSA) is 65.2 Å². The second kappa shape index (κ2) is 8.13. The molecule has 5 nitrogen and oxygen atoms in total. The summed E-state index contributed by atoms with van der Waals surface area (Å²) < 4.78 is 10.1. The van der Waals surface area contributed by atoms with E-state index in [1.54, 1.807) is 24.3 Å². The first-order chi connectivity index (χ1) is 10.9. The fourth-order valence-corrected chi connectivity index (χ4v) is 2.24. The normalized spacial score (nSPS) is 11.3.